The Hall–Kier alpha value is -3.37. The average molecular weight is 645 g/mol. The van der Waals surface area contributed by atoms with Crippen LogP contribution < -0.4 is 14.4 Å². The van der Waals surface area contributed by atoms with Crippen LogP contribution in [0.4, 0.5) is 5.69 Å². The Labute approximate surface area is 251 Å². The molecule has 0 heterocycles. The molecule has 3 rings (SSSR count). The van der Waals surface area contributed by atoms with Crippen LogP contribution in [0.1, 0.15) is 45.2 Å². The van der Waals surface area contributed by atoms with Gasteiger partial charge in [-0.3, -0.25) is 13.9 Å². The lowest BCUT2D eigenvalue weighted by molar-refractivity contribution is -0.140. The van der Waals surface area contributed by atoms with Crippen molar-refractivity contribution in [3.8, 4) is 5.75 Å². The third-order valence-corrected chi connectivity index (χ3v) is 8.85. The van der Waals surface area contributed by atoms with Crippen LogP contribution in [-0.4, -0.2) is 50.4 Å². The second-order valence-electron chi connectivity index (χ2n) is 9.93. The van der Waals surface area contributed by atoms with Gasteiger partial charge in [-0.15, -0.1) is 0 Å². The van der Waals surface area contributed by atoms with Crippen molar-refractivity contribution in [1.82, 2.24) is 10.2 Å². The Balaban J connectivity index is 2.07. The molecule has 10 heteroatoms. The van der Waals surface area contributed by atoms with Gasteiger partial charge in [-0.1, -0.05) is 47.1 Å². The number of nitrogens with one attached hydrogen (secondary N) is 1. The molecule has 0 radical (unpaired) electrons. The predicted molar refractivity (Wildman–Crippen MR) is 165 cm³/mol. The number of sulfonamides is 1. The fourth-order valence-corrected chi connectivity index (χ4v) is 6.09. The largest absolute Gasteiger partial charge is 0.494 e. The molecule has 3 aromatic carbocycles. The monoisotopic (exact) mass is 643 g/mol. The number of carbonyl (C=O) groups excluding carboxylic acids is 2. The number of hydrogen-bond donors (Lipinski definition) is 1. The fourth-order valence-electron chi connectivity index (χ4n) is 4.41. The van der Waals surface area contributed by atoms with Crippen LogP contribution in [0, 0.1) is 6.92 Å². The predicted octanol–water partition coefficient (Wildman–Crippen LogP) is 5.68. The minimum absolute atomic E-state index is 0.0393. The van der Waals surface area contributed by atoms with Crippen molar-refractivity contribution in [1.29, 1.82) is 0 Å². The first-order valence-corrected chi connectivity index (χ1v) is 15.9. The van der Waals surface area contributed by atoms with Crippen LogP contribution >= 0.6 is 15.9 Å². The zero-order valence-corrected chi connectivity index (χ0v) is 26.5. The van der Waals surface area contributed by atoms with E-state index < -0.39 is 28.5 Å². The average Bonchev–Trinajstić information content (AvgIpc) is 2.93. The lowest BCUT2D eigenvalue weighted by Crippen LogP contribution is -2.53. The third kappa shape index (κ3) is 8.33. The zero-order chi connectivity index (χ0) is 30.2. The Morgan fingerprint density at radius 3 is 2.15 bits per heavy atom. The maximum Gasteiger partial charge on any atom is 0.264 e. The van der Waals surface area contributed by atoms with Crippen molar-refractivity contribution < 1.29 is 22.7 Å². The van der Waals surface area contributed by atoms with Crippen molar-refractivity contribution in [3.05, 3.63) is 88.4 Å². The number of rotatable bonds is 13. The highest BCUT2D eigenvalue weighted by Gasteiger charge is 2.34. The zero-order valence-electron chi connectivity index (χ0n) is 24.1. The number of anilines is 1. The van der Waals surface area contributed by atoms with Gasteiger partial charge in [0.25, 0.3) is 10.0 Å². The number of benzene rings is 3. The highest BCUT2D eigenvalue weighted by Crippen LogP contribution is 2.28. The number of amides is 2. The normalized spacial score (nSPS) is 12.1. The Kier molecular flexibility index (Phi) is 11.4. The molecular formula is C31H38BrN3O5S. The first-order chi connectivity index (χ1) is 19.5. The van der Waals surface area contributed by atoms with E-state index in [4.69, 9.17) is 4.74 Å². The summed E-state index contributed by atoms with van der Waals surface area (Å²) in [6.07, 6.45) is 0.360. The van der Waals surface area contributed by atoms with Crippen LogP contribution in [0.5, 0.6) is 5.75 Å². The number of nitrogens with zero attached hydrogens (tertiary/aromatic N) is 2. The number of ether oxygens (including phenoxy) is 1. The molecule has 0 bridgehead atoms. The van der Waals surface area contributed by atoms with E-state index >= 15 is 0 Å². The summed E-state index contributed by atoms with van der Waals surface area (Å²) in [5.41, 5.74) is 2.15. The van der Waals surface area contributed by atoms with E-state index in [2.05, 4.69) is 21.2 Å². The number of hydrogen-bond acceptors (Lipinski definition) is 5. The highest BCUT2D eigenvalue weighted by molar-refractivity contribution is 9.10. The second kappa shape index (κ2) is 14.5. The smallest absolute Gasteiger partial charge is 0.264 e. The van der Waals surface area contributed by atoms with Crippen LogP contribution in [0.15, 0.2) is 82.2 Å². The molecule has 220 valence electrons. The molecule has 0 fully saturated rings. The van der Waals surface area contributed by atoms with Crippen molar-refractivity contribution in [2.75, 3.05) is 17.5 Å². The van der Waals surface area contributed by atoms with Gasteiger partial charge in [-0.25, -0.2) is 8.42 Å². The van der Waals surface area contributed by atoms with Gasteiger partial charge in [0.2, 0.25) is 11.8 Å². The van der Waals surface area contributed by atoms with Gasteiger partial charge in [0.05, 0.1) is 17.2 Å². The standard InChI is InChI=1S/C31H38BrN3O5S/c1-6-29(31(37)33-22(3)4)34(20-24-11-9-8-10-23(24)5)30(36)21-35(26-14-16-27(17-15-26)40-7-2)41(38,39)28-18-12-25(32)13-19-28/h8-19,22,29H,6-7,20-21H2,1-5H3,(H,33,37)/t29-/m1/s1. The van der Waals surface area contributed by atoms with E-state index in [1.807, 2.05) is 58.9 Å². The molecular weight excluding hydrogens is 606 g/mol. The third-order valence-electron chi connectivity index (χ3n) is 6.54. The summed E-state index contributed by atoms with van der Waals surface area (Å²) in [5.74, 6) is -0.192. The Morgan fingerprint density at radius 1 is 0.951 bits per heavy atom. The molecule has 0 saturated carbocycles. The van der Waals surface area contributed by atoms with Crippen molar-refractivity contribution in [2.24, 2.45) is 0 Å². The molecule has 1 atom stereocenters. The fraction of sp³-hybridized carbons (Fsp3) is 0.355. The molecule has 0 spiro atoms. The van der Waals surface area contributed by atoms with E-state index in [-0.39, 0.29) is 23.4 Å². The van der Waals surface area contributed by atoms with Crippen LogP contribution in [0.25, 0.3) is 0 Å². The maximum absolute atomic E-state index is 14.1. The molecule has 2 amide bonds. The van der Waals surface area contributed by atoms with Gasteiger partial charge < -0.3 is 15.0 Å². The van der Waals surface area contributed by atoms with Crippen molar-refractivity contribution in [3.63, 3.8) is 0 Å². The second-order valence-corrected chi connectivity index (χ2v) is 12.7. The molecule has 0 aliphatic carbocycles. The summed E-state index contributed by atoms with van der Waals surface area (Å²) in [7, 11) is -4.15. The molecule has 0 aliphatic rings. The van der Waals surface area contributed by atoms with Crippen LogP contribution in [-0.2, 0) is 26.2 Å². The molecule has 3 aromatic rings. The molecule has 0 aliphatic heterocycles. The minimum Gasteiger partial charge on any atom is -0.494 e. The van der Waals surface area contributed by atoms with E-state index in [9.17, 15) is 18.0 Å². The number of aryl methyl sites for hydroxylation is 1. The SMILES string of the molecule is CCOc1ccc(N(CC(=O)N(Cc2ccccc2C)[C@H](CC)C(=O)NC(C)C)S(=O)(=O)c2ccc(Br)cc2)cc1. The lowest BCUT2D eigenvalue weighted by atomic mass is 10.1. The first-order valence-electron chi connectivity index (χ1n) is 13.6. The van der Waals surface area contributed by atoms with E-state index in [1.165, 1.54) is 17.0 Å². The first kappa shape index (κ1) is 32.1. The summed E-state index contributed by atoms with van der Waals surface area (Å²) in [5, 5.41) is 2.91. The van der Waals surface area contributed by atoms with Crippen molar-refractivity contribution in [2.45, 2.75) is 64.6 Å². The van der Waals surface area contributed by atoms with Gasteiger partial charge in [0, 0.05) is 17.1 Å². The summed E-state index contributed by atoms with van der Waals surface area (Å²) in [4.78, 5) is 28.9. The molecule has 0 saturated heterocycles. The topological polar surface area (TPSA) is 96.0 Å². The number of halogens is 1. The summed E-state index contributed by atoms with van der Waals surface area (Å²) < 4.78 is 35.3. The van der Waals surface area contributed by atoms with Crippen molar-refractivity contribution >= 4 is 43.5 Å². The van der Waals surface area contributed by atoms with Gasteiger partial charge >= 0.3 is 0 Å². The minimum atomic E-state index is -4.15. The molecule has 0 aromatic heterocycles. The lowest BCUT2D eigenvalue weighted by Gasteiger charge is -2.34. The molecule has 1 N–H and O–H groups in total. The summed E-state index contributed by atoms with van der Waals surface area (Å²) >= 11 is 3.35. The summed E-state index contributed by atoms with van der Waals surface area (Å²) in [6.45, 7) is 9.48. The van der Waals surface area contributed by atoms with E-state index in [0.29, 0.717) is 24.5 Å². The Morgan fingerprint density at radius 2 is 1.59 bits per heavy atom. The van der Waals surface area contributed by atoms with E-state index in [0.717, 1.165) is 19.9 Å². The Bertz CT molecular complexity index is 1430. The highest BCUT2D eigenvalue weighted by atomic mass is 79.9. The quantitative estimate of drug-likeness (QED) is 0.258. The van der Waals surface area contributed by atoms with E-state index in [1.54, 1.807) is 36.4 Å². The molecule has 41 heavy (non-hydrogen) atoms. The van der Waals surface area contributed by atoms with Gasteiger partial charge in [-0.05, 0) is 93.8 Å². The van der Waals surface area contributed by atoms with Crippen LogP contribution in [0.3, 0.4) is 0 Å². The maximum atomic E-state index is 14.1. The van der Waals surface area contributed by atoms with Gasteiger partial charge in [0.15, 0.2) is 0 Å². The van der Waals surface area contributed by atoms with Crippen LogP contribution in [0.2, 0.25) is 0 Å². The molecule has 0 unspecified atom stereocenters. The summed E-state index contributed by atoms with van der Waals surface area (Å²) in [6, 6.07) is 19.5. The number of carbonyl (C=O) groups is 2. The molecule has 8 nitrogen and oxygen atoms in total. The van der Waals surface area contributed by atoms with Gasteiger partial charge in [-0.2, -0.15) is 0 Å². The van der Waals surface area contributed by atoms with Gasteiger partial charge in [0.1, 0.15) is 18.3 Å².